The number of rotatable bonds is 6. The van der Waals surface area contributed by atoms with E-state index in [1.807, 2.05) is 42.5 Å². The molecule has 0 aliphatic carbocycles. The normalized spacial score (nSPS) is 14.2. The maximum absolute atomic E-state index is 13.1. The highest BCUT2D eigenvalue weighted by Crippen LogP contribution is 2.36. The number of amides is 1. The lowest BCUT2D eigenvalue weighted by molar-refractivity contribution is -0.114. The summed E-state index contributed by atoms with van der Waals surface area (Å²) in [6.07, 6.45) is 1.78. The van der Waals surface area contributed by atoms with Crippen molar-refractivity contribution in [2.45, 2.75) is 13.5 Å². The monoisotopic (exact) mass is 501 g/mol. The summed E-state index contributed by atoms with van der Waals surface area (Å²) in [5.41, 5.74) is 4.00. The molecule has 0 saturated carbocycles. The Balaban J connectivity index is 1.59. The number of nitrogens with zero attached hydrogens (tertiary/aromatic N) is 3. The van der Waals surface area contributed by atoms with Crippen LogP contribution in [0.3, 0.4) is 0 Å². The van der Waals surface area contributed by atoms with Gasteiger partial charge < -0.3 is 9.47 Å². The lowest BCUT2D eigenvalue weighted by Gasteiger charge is -2.14. The van der Waals surface area contributed by atoms with Crippen molar-refractivity contribution in [2.24, 2.45) is 5.10 Å². The summed E-state index contributed by atoms with van der Waals surface area (Å²) < 4.78 is 12.3. The van der Waals surface area contributed by atoms with Crippen LogP contribution in [0.5, 0.6) is 11.5 Å². The van der Waals surface area contributed by atoms with Gasteiger partial charge in [-0.15, -0.1) is 0 Å². The van der Waals surface area contributed by atoms with Crippen molar-refractivity contribution in [3.05, 3.63) is 93.5 Å². The molecule has 6 nitrogen and oxygen atoms in total. The molecule has 4 rings (SSSR count). The van der Waals surface area contributed by atoms with E-state index in [1.54, 1.807) is 44.4 Å². The second-order valence-corrected chi connectivity index (χ2v) is 8.17. The van der Waals surface area contributed by atoms with E-state index in [0.717, 1.165) is 15.6 Å². The minimum Gasteiger partial charge on any atom is -0.493 e. The molecule has 0 unspecified atom stereocenters. The maximum atomic E-state index is 13.1. The van der Waals surface area contributed by atoms with Crippen LogP contribution < -0.4 is 14.5 Å². The molecule has 1 heterocycles. The number of methoxy groups -OCH3 is 1. The summed E-state index contributed by atoms with van der Waals surface area (Å²) in [5, 5.41) is 14.7. The van der Waals surface area contributed by atoms with Gasteiger partial charge >= 0.3 is 0 Å². The van der Waals surface area contributed by atoms with Crippen LogP contribution in [0, 0.1) is 11.3 Å². The molecule has 7 heteroatoms. The highest BCUT2D eigenvalue weighted by molar-refractivity contribution is 9.10. The Bertz CT molecular complexity index is 1290. The lowest BCUT2D eigenvalue weighted by Crippen LogP contribution is -2.21. The number of ether oxygens (including phenoxy) is 2. The van der Waals surface area contributed by atoms with Crippen LogP contribution in [0.15, 0.2) is 81.9 Å². The standard InChI is InChI=1S/C26H20BrN3O3/c1-17-22(26(31)30(29-17)21-10-8-18(15-28)9-11-21)12-20-13-24(32-2)25(14-23(20)27)33-16-19-6-4-3-5-7-19/h3-14H,16H2,1-2H3. The highest BCUT2D eigenvalue weighted by Gasteiger charge is 2.29. The number of carbonyl (C=O) groups is 1. The van der Waals surface area contributed by atoms with E-state index >= 15 is 0 Å². The summed E-state index contributed by atoms with van der Waals surface area (Å²) in [6.45, 7) is 2.20. The largest absolute Gasteiger partial charge is 0.493 e. The predicted octanol–water partition coefficient (Wildman–Crippen LogP) is 5.71. The molecule has 0 fully saturated rings. The van der Waals surface area contributed by atoms with E-state index in [4.69, 9.17) is 14.7 Å². The summed E-state index contributed by atoms with van der Waals surface area (Å²) >= 11 is 3.58. The van der Waals surface area contributed by atoms with E-state index in [1.165, 1.54) is 5.01 Å². The van der Waals surface area contributed by atoms with Gasteiger partial charge in [0.1, 0.15) is 6.61 Å². The fourth-order valence-corrected chi connectivity index (χ4v) is 3.80. The molecule has 33 heavy (non-hydrogen) atoms. The second kappa shape index (κ2) is 9.72. The first-order chi connectivity index (χ1) is 16.0. The van der Waals surface area contributed by atoms with Crippen molar-refractivity contribution in [1.82, 2.24) is 0 Å². The van der Waals surface area contributed by atoms with Crippen molar-refractivity contribution in [1.29, 1.82) is 5.26 Å². The average molecular weight is 502 g/mol. The van der Waals surface area contributed by atoms with Gasteiger partial charge in [-0.1, -0.05) is 46.3 Å². The molecular weight excluding hydrogens is 482 g/mol. The Morgan fingerprint density at radius 3 is 2.48 bits per heavy atom. The molecule has 0 spiro atoms. The molecule has 0 radical (unpaired) electrons. The molecule has 1 aliphatic rings. The zero-order chi connectivity index (χ0) is 23.4. The molecule has 0 aromatic heterocycles. The van der Waals surface area contributed by atoms with Crippen LogP contribution in [-0.4, -0.2) is 18.7 Å². The van der Waals surface area contributed by atoms with E-state index in [0.29, 0.717) is 40.6 Å². The van der Waals surface area contributed by atoms with Gasteiger partial charge in [-0.05, 0) is 60.5 Å². The van der Waals surface area contributed by atoms with Crippen LogP contribution in [0.1, 0.15) is 23.6 Å². The number of hydrogen-bond acceptors (Lipinski definition) is 5. The Labute approximate surface area is 200 Å². The quantitative estimate of drug-likeness (QED) is 0.405. The molecule has 0 saturated heterocycles. The number of hydrogen-bond donors (Lipinski definition) is 0. The molecule has 3 aromatic carbocycles. The van der Waals surface area contributed by atoms with Gasteiger partial charge in [-0.3, -0.25) is 4.79 Å². The minimum absolute atomic E-state index is 0.243. The third-order valence-electron chi connectivity index (χ3n) is 5.12. The van der Waals surface area contributed by atoms with Crippen molar-refractivity contribution < 1.29 is 14.3 Å². The summed E-state index contributed by atoms with van der Waals surface area (Å²) in [5.74, 6) is 0.912. The van der Waals surface area contributed by atoms with Crippen LogP contribution in [0.4, 0.5) is 5.69 Å². The number of anilines is 1. The summed E-state index contributed by atoms with van der Waals surface area (Å²) in [4.78, 5) is 13.1. The molecule has 0 bridgehead atoms. The Morgan fingerprint density at radius 2 is 1.82 bits per heavy atom. The fourth-order valence-electron chi connectivity index (χ4n) is 3.36. The average Bonchev–Trinajstić information content (AvgIpc) is 3.13. The first-order valence-electron chi connectivity index (χ1n) is 10.2. The molecule has 1 amide bonds. The zero-order valence-electron chi connectivity index (χ0n) is 18.1. The van der Waals surface area contributed by atoms with Crippen molar-refractivity contribution >= 4 is 39.3 Å². The summed E-state index contributed by atoms with van der Waals surface area (Å²) in [7, 11) is 1.58. The van der Waals surface area contributed by atoms with Gasteiger partial charge in [-0.2, -0.15) is 15.4 Å². The Morgan fingerprint density at radius 1 is 1.09 bits per heavy atom. The van der Waals surface area contributed by atoms with Gasteiger partial charge in [0.25, 0.3) is 5.91 Å². The predicted molar refractivity (Wildman–Crippen MR) is 131 cm³/mol. The second-order valence-electron chi connectivity index (χ2n) is 7.32. The van der Waals surface area contributed by atoms with Crippen LogP contribution >= 0.6 is 15.9 Å². The zero-order valence-corrected chi connectivity index (χ0v) is 19.7. The topological polar surface area (TPSA) is 74.9 Å². The smallest absolute Gasteiger partial charge is 0.280 e. The minimum atomic E-state index is -0.243. The summed E-state index contributed by atoms with van der Waals surface area (Å²) in [6, 6.07) is 22.3. The van der Waals surface area contributed by atoms with Crippen molar-refractivity contribution in [3.63, 3.8) is 0 Å². The lowest BCUT2D eigenvalue weighted by atomic mass is 10.1. The molecule has 0 N–H and O–H groups in total. The number of hydrazone groups is 1. The van der Waals surface area contributed by atoms with E-state index in [9.17, 15) is 4.79 Å². The van der Waals surface area contributed by atoms with E-state index < -0.39 is 0 Å². The Hall–Kier alpha value is -3.89. The first-order valence-corrected chi connectivity index (χ1v) is 11.0. The molecule has 164 valence electrons. The number of benzene rings is 3. The number of carbonyl (C=O) groups excluding carboxylic acids is 1. The first kappa shape index (κ1) is 22.3. The van der Waals surface area contributed by atoms with Crippen LogP contribution in [0.25, 0.3) is 6.08 Å². The van der Waals surface area contributed by atoms with Gasteiger partial charge in [0.05, 0.1) is 35.7 Å². The van der Waals surface area contributed by atoms with E-state index in [2.05, 4.69) is 27.1 Å². The fraction of sp³-hybridized carbons (Fsp3) is 0.115. The molecule has 1 aliphatic heterocycles. The van der Waals surface area contributed by atoms with Gasteiger partial charge in [0.2, 0.25) is 0 Å². The third kappa shape index (κ3) is 4.81. The SMILES string of the molecule is COc1cc(C=C2C(=O)N(c3ccc(C#N)cc3)N=C2C)c(Br)cc1OCc1ccccc1. The van der Waals surface area contributed by atoms with Crippen molar-refractivity contribution in [2.75, 3.05) is 12.1 Å². The number of nitriles is 1. The molecule has 3 aromatic rings. The van der Waals surface area contributed by atoms with E-state index in [-0.39, 0.29) is 5.91 Å². The van der Waals surface area contributed by atoms with Crippen molar-refractivity contribution in [3.8, 4) is 17.6 Å². The Kier molecular flexibility index (Phi) is 6.57. The van der Waals surface area contributed by atoms with Gasteiger partial charge in [-0.25, -0.2) is 0 Å². The third-order valence-corrected chi connectivity index (χ3v) is 5.81. The number of halogens is 1. The maximum Gasteiger partial charge on any atom is 0.280 e. The molecular formula is C26H20BrN3O3. The highest BCUT2D eigenvalue weighted by atomic mass is 79.9. The van der Waals surface area contributed by atoms with Crippen LogP contribution in [-0.2, 0) is 11.4 Å². The van der Waals surface area contributed by atoms with Gasteiger partial charge in [0, 0.05) is 4.47 Å². The van der Waals surface area contributed by atoms with Gasteiger partial charge in [0.15, 0.2) is 11.5 Å². The molecule has 0 atom stereocenters. The van der Waals surface area contributed by atoms with Crippen LogP contribution in [0.2, 0.25) is 0 Å².